The summed E-state index contributed by atoms with van der Waals surface area (Å²) in [6.07, 6.45) is 0.778. The SMILES string of the molecule is COc1ccc([C@@H]2C(C(=O)OCCOc3ccccc3)=C(C)NC3=C2C(=O)C[C@H](c2ccc(OC)c(OC)c2)C3)cc1O. The van der Waals surface area contributed by atoms with E-state index in [4.69, 9.17) is 23.7 Å². The lowest BCUT2D eigenvalue weighted by Crippen LogP contribution is -2.36. The molecule has 3 aromatic rings. The van der Waals surface area contributed by atoms with Gasteiger partial charge in [-0.1, -0.05) is 30.3 Å². The van der Waals surface area contributed by atoms with Gasteiger partial charge in [0.05, 0.1) is 26.9 Å². The molecule has 0 aromatic heterocycles. The number of hydrogen-bond donors (Lipinski definition) is 2. The predicted molar refractivity (Wildman–Crippen MR) is 160 cm³/mol. The van der Waals surface area contributed by atoms with Crippen molar-refractivity contribution in [2.75, 3.05) is 34.5 Å². The zero-order chi connectivity index (χ0) is 30.5. The van der Waals surface area contributed by atoms with Crippen molar-refractivity contribution in [3.8, 4) is 28.7 Å². The van der Waals surface area contributed by atoms with E-state index in [0.717, 1.165) is 11.3 Å². The van der Waals surface area contributed by atoms with Gasteiger partial charge in [-0.15, -0.1) is 0 Å². The number of phenols is 1. The lowest BCUT2D eigenvalue weighted by atomic mass is 9.71. The second-order valence-electron chi connectivity index (χ2n) is 10.4. The summed E-state index contributed by atoms with van der Waals surface area (Å²) in [7, 11) is 4.62. The summed E-state index contributed by atoms with van der Waals surface area (Å²) < 4.78 is 27.4. The Labute approximate surface area is 250 Å². The zero-order valence-corrected chi connectivity index (χ0v) is 24.6. The molecule has 2 N–H and O–H groups in total. The first kappa shape index (κ1) is 29.6. The van der Waals surface area contributed by atoms with Crippen LogP contribution < -0.4 is 24.3 Å². The quantitative estimate of drug-likeness (QED) is 0.239. The molecule has 3 aromatic carbocycles. The van der Waals surface area contributed by atoms with Crippen LogP contribution in [0.1, 0.15) is 42.7 Å². The molecule has 0 amide bonds. The van der Waals surface area contributed by atoms with E-state index in [1.165, 1.54) is 13.2 Å². The van der Waals surface area contributed by atoms with Crippen LogP contribution in [-0.4, -0.2) is 51.4 Å². The fourth-order valence-electron chi connectivity index (χ4n) is 5.76. The number of ether oxygens (including phenoxy) is 5. The fourth-order valence-corrected chi connectivity index (χ4v) is 5.76. The highest BCUT2D eigenvalue weighted by atomic mass is 16.6. The molecular formula is C34H35NO8. The van der Waals surface area contributed by atoms with Crippen molar-refractivity contribution in [2.45, 2.75) is 31.6 Å². The Morgan fingerprint density at radius 3 is 2.26 bits per heavy atom. The first-order valence-electron chi connectivity index (χ1n) is 14.0. The van der Waals surface area contributed by atoms with Gasteiger partial charge in [-0.2, -0.15) is 0 Å². The number of phenolic OH excluding ortho intramolecular Hbond substituents is 1. The molecule has 1 heterocycles. The first-order valence-corrected chi connectivity index (χ1v) is 14.0. The van der Waals surface area contributed by atoms with Gasteiger partial charge in [0.15, 0.2) is 28.8 Å². The molecule has 0 radical (unpaired) electrons. The smallest absolute Gasteiger partial charge is 0.336 e. The van der Waals surface area contributed by atoms with Gasteiger partial charge in [0.1, 0.15) is 19.0 Å². The summed E-state index contributed by atoms with van der Waals surface area (Å²) in [5.74, 6) is 0.558. The number of methoxy groups -OCH3 is 3. The van der Waals surface area contributed by atoms with Crippen molar-refractivity contribution in [1.82, 2.24) is 5.32 Å². The molecular weight excluding hydrogens is 550 g/mol. The third-order valence-corrected chi connectivity index (χ3v) is 7.79. The van der Waals surface area contributed by atoms with E-state index in [1.807, 2.05) is 48.5 Å². The Bertz CT molecular complexity index is 1580. The van der Waals surface area contributed by atoms with Crippen molar-refractivity contribution in [3.63, 3.8) is 0 Å². The molecule has 0 saturated heterocycles. The minimum absolute atomic E-state index is 0.0202. The van der Waals surface area contributed by atoms with Gasteiger partial charge in [-0.25, -0.2) is 4.79 Å². The van der Waals surface area contributed by atoms with Crippen LogP contribution in [0.2, 0.25) is 0 Å². The van der Waals surface area contributed by atoms with E-state index in [-0.39, 0.29) is 37.1 Å². The van der Waals surface area contributed by atoms with Crippen molar-refractivity contribution in [3.05, 3.63) is 100 Å². The van der Waals surface area contributed by atoms with Gasteiger partial charge in [-0.3, -0.25) is 4.79 Å². The van der Waals surface area contributed by atoms with Crippen molar-refractivity contribution in [1.29, 1.82) is 0 Å². The first-order chi connectivity index (χ1) is 20.8. The van der Waals surface area contributed by atoms with Crippen LogP contribution in [0.15, 0.2) is 89.3 Å². The number of benzene rings is 3. The number of rotatable bonds is 10. The molecule has 0 unspecified atom stereocenters. The minimum atomic E-state index is -0.741. The van der Waals surface area contributed by atoms with Crippen LogP contribution in [0.5, 0.6) is 28.7 Å². The highest BCUT2D eigenvalue weighted by Crippen LogP contribution is 2.47. The average molecular weight is 586 g/mol. The van der Waals surface area contributed by atoms with Gasteiger partial charge in [-0.05, 0) is 66.8 Å². The number of esters is 1. The molecule has 43 heavy (non-hydrogen) atoms. The lowest BCUT2D eigenvalue weighted by Gasteiger charge is -2.37. The van der Waals surface area contributed by atoms with Gasteiger partial charge >= 0.3 is 5.97 Å². The normalized spacial score (nSPS) is 18.0. The van der Waals surface area contributed by atoms with Gasteiger partial charge in [0.25, 0.3) is 0 Å². The minimum Gasteiger partial charge on any atom is -0.504 e. The summed E-state index contributed by atoms with van der Waals surface area (Å²) >= 11 is 0. The highest BCUT2D eigenvalue weighted by molar-refractivity contribution is 6.04. The van der Waals surface area contributed by atoms with Crippen LogP contribution >= 0.6 is 0 Å². The van der Waals surface area contributed by atoms with Crippen LogP contribution in [-0.2, 0) is 14.3 Å². The van der Waals surface area contributed by atoms with E-state index in [1.54, 1.807) is 33.3 Å². The Kier molecular flexibility index (Phi) is 8.90. The van der Waals surface area contributed by atoms with Gasteiger partial charge < -0.3 is 34.1 Å². The summed E-state index contributed by atoms with van der Waals surface area (Å²) in [5.41, 5.74) is 3.63. The summed E-state index contributed by atoms with van der Waals surface area (Å²) in [6, 6.07) is 19.8. The monoisotopic (exact) mass is 585 g/mol. The van der Waals surface area contributed by atoms with E-state index in [0.29, 0.717) is 51.8 Å². The standard InChI is InChI=1S/C34H35NO8/c1-20-31(34(38)43-15-14-42-24-8-6-5-7-9-24)32(22-11-12-28(39-2)26(36)17-22)33-25(35-20)16-23(18-27(33)37)21-10-13-29(40-3)30(19-21)41-4/h5-13,17,19,23,32,35-36H,14-16,18H2,1-4H3/t23-,32-/m1/s1. The van der Waals surface area contributed by atoms with E-state index < -0.39 is 11.9 Å². The number of Topliss-reactive ketones (excluding diaryl/α,β-unsaturated/α-hetero) is 1. The predicted octanol–water partition coefficient (Wildman–Crippen LogP) is 5.40. The van der Waals surface area contributed by atoms with E-state index in [2.05, 4.69) is 5.32 Å². The Balaban J connectivity index is 1.45. The van der Waals surface area contributed by atoms with Gasteiger partial charge in [0, 0.05) is 29.3 Å². The van der Waals surface area contributed by atoms with Crippen molar-refractivity contribution in [2.24, 2.45) is 0 Å². The lowest BCUT2D eigenvalue weighted by molar-refractivity contribution is -0.140. The Hall–Kier alpha value is -4.92. The molecule has 9 heteroatoms. The summed E-state index contributed by atoms with van der Waals surface area (Å²) in [5, 5.41) is 14.0. The van der Waals surface area contributed by atoms with E-state index in [9.17, 15) is 14.7 Å². The number of carbonyl (C=O) groups excluding carboxylic acids is 2. The molecule has 0 spiro atoms. The molecule has 5 rings (SSSR count). The number of aromatic hydroxyl groups is 1. The number of allylic oxidation sites excluding steroid dienone is 3. The number of hydrogen-bond acceptors (Lipinski definition) is 9. The third-order valence-electron chi connectivity index (χ3n) is 7.79. The molecule has 1 aliphatic heterocycles. The van der Waals surface area contributed by atoms with Crippen LogP contribution in [0.4, 0.5) is 0 Å². The topological polar surface area (TPSA) is 113 Å². The van der Waals surface area contributed by atoms with E-state index >= 15 is 0 Å². The van der Waals surface area contributed by atoms with Crippen LogP contribution in [0, 0.1) is 0 Å². The molecule has 1 aliphatic carbocycles. The summed E-state index contributed by atoms with van der Waals surface area (Å²) in [4.78, 5) is 27.5. The zero-order valence-electron chi connectivity index (χ0n) is 24.6. The number of ketones is 1. The van der Waals surface area contributed by atoms with Crippen molar-refractivity contribution < 1.29 is 38.4 Å². The number of carbonyl (C=O) groups is 2. The highest BCUT2D eigenvalue weighted by Gasteiger charge is 2.41. The fraction of sp³-hybridized carbons (Fsp3) is 0.294. The molecule has 2 aliphatic rings. The Morgan fingerprint density at radius 1 is 0.860 bits per heavy atom. The van der Waals surface area contributed by atoms with Gasteiger partial charge in [0.2, 0.25) is 0 Å². The van der Waals surface area contributed by atoms with Crippen molar-refractivity contribution >= 4 is 11.8 Å². The third kappa shape index (κ3) is 6.16. The summed E-state index contributed by atoms with van der Waals surface area (Å²) in [6.45, 7) is 1.98. The molecule has 0 bridgehead atoms. The molecule has 0 saturated carbocycles. The maximum atomic E-state index is 13.9. The number of dihydropyridines is 1. The number of para-hydroxylation sites is 1. The molecule has 2 atom stereocenters. The van der Waals surface area contributed by atoms with Crippen LogP contribution in [0.3, 0.4) is 0 Å². The van der Waals surface area contributed by atoms with Crippen LogP contribution in [0.25, 0.3) is 0 Å². The maximum Gasteiger partial charge on any atom is 0.336 e. The largest absolute Gasteiger partial charge is 0.504 e. The Morgan fingerprint density at radius 2 is 1.56 bits per heavy atom. The average Bonchev–Trinajstić information content (AvgIpc) is 3.02. The molecule has 9 nitrogen and oxygen atoms in total. The molecule has 224 valence electrons. The maximum absolute atomic E-state index is 13.9. The second-order valence-corrected chi connectivity index (χ2v) is 10.4. The second kappa shape index (κ2) is 12.9. The number of nitrogens with one attached hydrogen (secondary N) is 1. The molecule has 0 fully saturated rings.